The van der Waals surface area contributed by atoms with Crippen molar-refractivity contribution < 1.29 is 9.18 Å². The van der Waals surface area contributed by atoms with Gasteiger partial charge >= 0.3 is 5.69 Å². The summed E-state index contributed by atoms with van der Waals surface area (Å²) in [5, 5.41) is 3.32. The van der Waals surface area contributed by atoms with Crippen molar-refractivity contribution in [3.63, 3.8) is 0 Å². The maximum absolute atomic E-state index is 13.2. The normalized spacial score (nSPS) is 13.4. The minimum atomic E-state index is -0.400. The molecular formula is C20H25FN4O2S. The Bertz CT molecular complexity index is 914. The first-order chi connectivity index (χ1) is 13.4. The van der Waals surface area contributed by atoms with Crippen molar-refractivity contribution in [1.29, 1.82) is 0 Å². The van der Waals surface area contributed by atoms with Gasteiger partial charge in [-0.05, 0) is 58.0 Å². The van der Waals surface area contributed by atoms with E-state index in [2.05, 4.69) is 10.3 Å². The lowest BCUT2D eigenvalue weighted by Gasteiger charge is -2.23. The summed E-state index contributed by atoms with van der Waals surface area (Å²) in [6, 6.07) is 5.78. The largest absolute Gasteiger partial charge is 0.348 e. The molecule has 0 saturated heterocycles. The molecule has 1 heterocycles. The molecule has 1 aliphatic rings. The number of fused-ring (bicyclic) bond motifs is 1. The predicted octanol–water partition coefficient (Wildman–Crippen LogP) is 2.55. The molecule has 0 spiro atoms. The SMILES string of the molecule is CN(C)CCn1c2c(c(SCC(=O)Nc3cccc(F)c3)nc1=O)CCCC2. The minimum Gasteiger partial charge on any atom is -0.325 e. The van der Waals surface area contributed by atoms with Gasteiger partial charge in [0.05, 0.1) is 5.75 Å². The molecule has 28 heavy (non-hydrogen) atoms. The number of hydrogen-bond donors (Lipinski definition) is 1. The molecule has 1 N–H and O–H groups in total. The van der Waals surface area contributed by atoms with E-state index >= 15 is 0 Å². The number of anilines is 1. The fourth-order valence-corrected chi connectivity index (χ4v) is 4.17. The Hall–Kier alpha value is -2.19. The third kappa shape index (κ3) is 5.20. The predicted molar refractivity (Wildman–Crippen MR) is 109 cm³/mol. The van der Waals surface area contributed by atoms with Crippen LogP contribution in [0.5, 0.6) is 0 Å². The third-order valence-corrected chi connectivity index (χ3v) is 5.69. The summed E-state index contributed by atoms with van der Waals surface area (Å²) in [5.41, 5.74) is 2.31. The van der Waals surface area contributed by atoms with Crippen LogP contribution in [0.4, 0.5) is 10.1 Å². The van der Waals surface area contributed by atoms with Crippen LogP contribution in [-0.4, -0.2) is 46.8 Å². The molecule has 1 aliphatic carbocycles. The summed E-state index contributed by atoms with van der Waals surface area (Å²) >= 11 is 1.27. The Morgan fingerprint density at radius 2 is 2.11 bits per heavy atom. The smallest absolute Gasteiger partial charge is 0.325 e. The zero-order valence-corrected chi connectivity index (χ0v) is 17.0. The zero-order chi connectivity index (χ0) is 20.1. The highest BCUT2D eigenvalue weighted by atomic mass is 32.2. The van der Waals surface area contributed by atoms with E-state index < -0.39 is 5.82 Å². The van der Waals surface area contributed by atoms with Gasteiger partial charge in [0.25, 0.3) is 0 Å². The number of thioether (sulfide) groups is 1. The van der Waals surface area contributed by atoms with Gasteiger partial charge in [-0.1, -0.05) is 17.8 Å². The molecule has 1 aromatic heterocycles. The van der Waals surface area contributed by atoms with E-state index in [4.69, 9.17) is 0 Å². The third-order valence-electron chi connectivity index (χ3n) is 4.67. The molecule has 0 saturated carbocycles. The van der Waals surface area contributed by atoms with E-state index in [-0.39, 0.29) is 17.3 Å². The Morgan fingerprint density at radius 1 is 1.32 bits per heavy atom. The lowest BCUT2D eigenvalue weighted by molar-refractivity contribution is -0.113. The molecule has 8 heteroatoms. The molecule has 0 atom stereocenters. The van der Waals surface area contributed by atoms with E-state index in [9.17, 15) is 14.0 Å². The van der Waals surface area contributed by atoms with Crippen LogP contribution < -0.4 is 11.0 Å². The van der Waals surface area contributed by atoms with Crippen LogP contribution in [0.25, 0.3) is 0 Å². The number of likely N-dealkylation sites (N-methyl/N-ethyl adjacent to an activating group) is 1. The highest BCUT2D eigenvalue weighted by molar-refractivity contribution is 8.00. The monoisotopic (exact) mass is 404 g/mol. The van der Waals surface area contributed by atoms with Crippen LogP contribution in [0, 0.1) is 5.82 Å². The van der Waals surface area contributed by atoms with Crippen molar-refractivity contribution in [2.45, 2.75) is 37.3 Å². The number of nitrogens with one attached hydrogen (secondary N) is 1. The standard InChI is InChI=1S/C20H25FN4O2S/c1-24(2)10-11-25-17-9-4-3-8-16(17)19(23-20(25)27)28-13-18(26)22-15-7-5-6-14(21)12-15/h5-7,12H,3-4,8-11,13H2,1-2H3,(H,22,26). The van der Waals surface area contributed by atoms with Crippen LogP contribution in [0.3, 0.4) is 0 Å². The summed E-state index contributed by atoms with van der Waals surface area (Å²) in [6.07, 6.45) is 3.86. The number of aromatic nitrogens is 2. The highest BCUT2D eigenvalue weighted by Gasteiger charge is 2.21. The van der Waals surface area contributed by atoms with Crippen LogP contribution in [-0.2, 0) is 24.2 Å². The van der Waals surface area contributed by atoms with Crippen molar-refractivity contribution in [3.05, 3.63) is 51.8 Å². The van der Waals surface area contributed by atoms with E-state index in [1.165, 1.54) is 23.9 Å². The first-order valence-corrected chi connectivity index (χ1v) is 10.4. The van der Waals surface area contributed by atoms with E-state index in [1.807, 2.05) is 19.0 Å². The van der Waals surface area contributed by atoms with E-state index in [0.29, 0.717) is 17.3 Å². The quantitative estimate of drug-likeness (QED) is 0.568. The number of carbonyl (C=O) groups excluding carboxylic acids is 1. The van der Waals surface area contributed by atoms with Crippen LogP contribution in [0.1, 0.15) is 24.1 Å². The van der Waals surface area contributed by atoms with E-state index in [1.54, 1.807) is 16.7 Å². The second kappa shape index (κ2) is 9.34. The molecular weight excluding hydrogens is 379 g/mol. The summed E-state index contributed by atoms with van der Waals surface area (Å²) in [4.78, 5) is 31.1. The molecule has 0 fully saturated rings. The average Bonchev–Trinajstić information content (AvgIpc) is 2.65. The van der Waals surface area contributed by atoms with Crippen molar-refractivity contribution in [2.24, 2.45) is 0 Å². The van der Waals surface area contributed by atoms with Crippen molar-refractivity contribution in [3.8, 4) is 0 Å². The van der Waals surface area contributed by atoms with Gasteiger partial charge in [0.15, 0.2) is 0 Å². The second-order valence-corrected chi connectivity index (χ2v) is 8.10. The molecule has 2 aromatic rings. The van der Waals surface area contributed by atoms with Gasteiger partial charge in [0.1, 0.15) is 10.8 Å². The Labute approximate surface area is 168 Å². The summed E-state index contributed by atoms with van der Waals surface area (Å²) in [6.45, 7) is 1.39. The van der Waals surface area contributed by atoms with Crippen LogP contribution in [0.15, 0.2) is 34.1 Å². The molecule has 150 valence electrons. The lowest BCUT2D eigenvalue weighted by atomic mass is 9.97. The fourth-order valence-electron chi connectivity index (χ4n) is 3.29. The molecule has 1 aromatic carbocycles. The maximum Gasteiger partial charge on any atom is 0.348 e. The van der Waals surface area contributed by atoms with Gasteiger partial charge in [-0.25, -0.2) is 9.18 Å². The van der Waals surface area contributed by atoms with Crippen LogP contribution in [0.2, 0.25) is 0 Å². The van der Waals surface area contributed by atoms with Gasteiger partial charge < -0.3 is 10.2 Å². The highest BCUT2D eigenvalue weighted by Crippen LogP contribution is 2.28. The number of halogens is 1. The molecule has 0 bridgehead atoms. The van der Waals surface area contributed by atoms with Gasteiger partial charge in [-0.2, -0.15) is 4.98 Å². The first kappa shape index (κ1) is 20.5. The van der Waals surface area contributed by atoms with Gasteiger partial charge in [-0.15, -0.1) is 0 Å². The average molecular weight is 405 g/mol. The van der Waals surface area contributed by atoms with Gasteiger partial charge in [-0.3, -0.25) is 9.36 Å². The molecule has 1 amide bonds. The number of rotatable bonds is 7. The van der Waals surface area contributed by atoms with Crippen molar-refractivity contribution in [1.82, 2.24) is 14.5 Å². The Morgan fingerprint density at radius 3 is 2.86 bits per heavy atom. The maximum atomic E-state index is 13.2. The summed E-state index contributed by atoms with van der Waals surface area (Å²) in [5.74, 6) is -0.529. The molecule has 0 aliphatic heterocycles. The van der Waals surface area contributed by atoms with Crippen molar-refractivity contribution >= 4 is 23.4 Å². The first-order valence-electron chi connectivity index (χ1n) is 9.39. The second-order valence-electron chi connectivity index (χ2n) is 7.13. The van der Waals surface area contributed by atoms with Gasteiger partial charge in [0, 0.05) is 30.0 Å². The number of hydrogen-bond acceptors (Lipinski definition) is 5. The number of benzene rings is 1. The van der Waals surface area contributed by atoms with Crippen molar-refractivity contribution in [2.75, 3.05) is 31.7 Å². The van der Waals surface area contributed by atoms with Gasteiger partial charge in [0.2, 0.25) is 5.91 Å². The number of amides is 1. The topological polar surface area (TPSA) is 67.2 Å². The summed E-state index contributed by atoms with van der Waals surface area (Å²) < 4.78 is 15.0. The lowest BCUT2D eigenvalue weighted by Crippen LogP contribution is -2.33. The molecule has 3 rings (SSSR count). The molecule has 6 nitrogen and oxygen atoms in total. The van der Waals surface area contributed by atoms with E-state index in [0.717, 1.165) is 43.5 Å². The number of carbonyl (C=O) groups is 1. The minimum absolute atomic E-state index is 0.122. The zero-order valence-electron chi connectivity index (χ0n) is 16.2. The Kier molecular flexibility index (Phi) is 6.85. The van der Waals surface area contributed by atoms with Crippen LogP contribution >= 0.6 is 11.8 Å². The molecule has 0 unspecified atom stereocenters. The molecule has 0 radical (unpaired) electrons. The fraction of sp³-hybridized carbons (Fsp3) is 0.450. The number of nitrogens with zero attached hydrogens (tertiary/aromatic N) is 3. The summed E-state index contributed by atoms with van der Waals surface area (Å²) in [7, 11) is 3.96. The Balaban J connectivity index is 1.74.